The summed E-state index contributed by atoms with van der Waals surface area (Å²) in [5.74, 6) is 0.901. The molecule has 2 heterocycles. The van der Waals surface area contributed by atoms with E-state index in [1.807, 2.05) is 18.3 Å². The molecule has 0 N–H and O–H groups in total. The van der Waals surface area contributed by atoms with Gasteiger partial charge in [0.15, 0.2) is 5.75 Å². The van der Waals surface area contributed by atoms with Crippen molar-refractivity contribution in [3.05, 3.63) is 65.9 Å². The SMILES string of the molecule is C1=C\C=C2\CC2Oc2c(ccc3cccnc23)\C=C/1. The van der Waals surface area contributed by atoms with Crippen LogP contribution in [0.4, 0.5) is 0 Å². The molecule has 4 rings (SSSR count). The molecule has 1 atom stereocenters. The van der Waals surface area contributed by atoms with Gasteiger partial charge in [0.1, 0.15) is 11.6 Å². The summed E-state index contributed by atoms with van der Waals surface area (Å²) in [5.41, 5.74) is 3.38. The lowest BCUT2D eigenvalue weighted by Gasteiger charge is -2.11. The third-order valence-electron chi connectivity index (χ3n) is 3.50. The van der Waals surface area contributed by atoms with Crippen molar-refractivity contribution in [3.63, 3.8) is 0 Å². The number of hydrogen-bond acceptors (Lipinski definition) is 2. The second-order valence-corrected chi connectivity index (χ2v) is 4.86. The molecule has 19 heavy (non-hydrogen) atoms. The third kappa shape index (κ3) is 1.85. The van der Waals surface area contributed by atoms with Crippen LogP contribution in [0, 0.1) is 0 Å². The van der Waals surface area contributed by atoms with Gasteiger partial charge in [0, 0.05) is 23.6 Å². The monoisotopic (exact) mass is 247 g/mol. The van der Waals surface area contributed by atoms with Gasteiger partial charge in [0.05, 0.1) is 0 Å². The molecule has 0 spiro atoms. The van der Waals surface area contributed by atoms with Gasteiger partial charge in [0.2, 0.25) is 0 Å². The molecule has 0 radical (unpaired) electrons. The summed E-state index contributed by atoms with van der Waals surface area (Å²) in [6.07, 6.45) is 13.4. The van der Waals surface area contributed by atoms with E-state index in [1.165, 1.54) is 5.57 Å². The highest BCUT2D eigenvalue weighted by Gasteiger charge is 2.32. The zero-order valence-electron chi connectivity index (χ0n) is 10.4. The highest BCUT2D eigenvalue weighted by molar-refractivity contribution is 5.88. The summed E-state index contributed by atoms with van der Waals surface area (Å²) < 4.78 is 6.14. The minimum absolute atomic E-state index is 0.225. The largest absolute Gasteiger partial charge is 0.483 e. The Balaban J connectivity index is 1.94. The maximum absolute atomic E-state index is 6.14. The lowest BCUT2D eigenvalue weighted by Crippen LogP contribution is -2.00. The first-order valence-electron chi connectivity index (χ1n) is 6.50. The lowest BCUT2D eigenvalue weighted by molar-refractivity contribution is 0.317. The summed E-state index contributed by atoms with van der Waals surface area (Å²) >= 11 is 0. The Hall–Kier alpha value is -2.35. The summed E-state index contributed by atoms with van der Waals surface area (Å²) in [4.78, 5) is 4.48. The van der Waals surface area contributed by atoms with Crippen LogP contribution >= 0.6 is 0 Å². The van der Waals surface area contributed by atoms with Crippen molar-refractivity contribution in [2.24, 2.45) is 0 Å². The van der Waals surface area contributed by atoms with Crippen LogP contribution in [0.15, 0.2) is 60.3 Å². The molecule has 2 aliphatic rings. The summed E-state index contributed by atoms with van der Waals surface area (Å²) in [6, 6.07) is 8.21. The smallest absolute Gasteiger partial charge is 0.153 e. The molecule has 2 nitrogen and oxygen atoms in total. The van der Waals surface area contributed by atoms with Crippen molar-refractivity contribution < 1.29 is 4.74 Å². The molecule has 0 saturated heterocycles. The van der Waals surface area contributed by atoms with Crippen LogP contribution in [0.1, 0.15) is 12.0 Å². The first-order chi connectivity index (χ1) is 9.42. The van der Waals surface area contributed by atoms with Crippen molar-refractivity contribution in [2.45, 2.75) is 12.5 Å². The molecule has 1 aromatic carbocycles. The first-order valence-corrected chi connectivity index (χ1v) is 6.50. The predicted octanol–water partition coefficient (Wildman–Crippen LogP) is 3.90. The van der Waals surface area contributed by atoms with Crippen LogP contribution in [-0.2, 0) is 0 Å². The zero-order chi connectivity index (χ0) is 12.7. The number of allylic oxidation sites excluding steroid dienone is 4. The van der Waals surface area contributed by atoms with E-state index in [1.54, 1.807) is 0 Å². The number of ether oxygens (including phenoxy) is 1. The van der Waals surface area contributed by atoms with E-state index >= 15 is 0 Å². The first kappa shape index (κ1) is 10.6. The Labute approximate surface area is 111 Å². The molecule has 0 bridgehead atoms. The van der Waals surface area contributed by atoms with Gasteiger partial charge in [-0.15, -0.1) is 0 Å². The van der Waals surface area contributed by atoms with E-state index in [9.17, 15) is 0 Å². The van der Waals surface area contributed by atoms with E-state index in [2.05, 4.69) is 47.5 Å². The molecule has 2 heteroatoms. The van der Waals surface area contributed by atoms with Gasteiger partial charge >= 0.3 is 0 Å². The minimum atomic E-state index is 0.225. The van der Waals surface area contributed by atoms with Gasteiger partial charge in [0.25, 0.3) is 0 Å². The molecular formula is C17H13NO. The van der Waals surface area contributed by atoms with Crippen LogP contribution in [0.2, 0.25) is 0 Å². The molecule has 92 valence electrons. The minimum Gasteiger partial charge on any atom is -0.483 e. The Morgan fingerprint density at radius 2 is 2.11 bits per heavy atom. The van der Waals surface area contributed by atoms with Gasteiger partial charge in [-0.3, -0.25) is 4.98 Å². The quantitative estimate of drug-likeness (QED) is 0.704. The average Bonchev–Trinajstić information content (AvgIpc) is 3.19. The second kappa shape index (κ2) is 4.09. The van der Waals surface area contributed by atoms with Gasteiger partial charge in [-0.1, -0.05) is 48.6 Å². The maximum atomic E-state index is 6.14. The molecule has 1 aliphatic heterocycles. The maximum Gasteiger partial charge on any atom is 0.153 e. The molecule has 2 aromatic rings. The molecule has 1 unspecified atom stereocenters. The van der Waals surface area contributed by atoms with Crippen molar-refractivity contribution in [2.75, 3.05) is 0 Å². The highest BCUT2D eigenvalue weighted by Crippen LogP contribution is 2.38. The van der Waals surface area contributed by atoms with E-state index in [-0.39, 0.29) is 6.10 Å². The Morgan fingerprint density at radius 3 is 3.11 bits per heavy atom. The number of fused-ring (bicyclic) bond motifs is 4. The van der Waals surface area contributed by atoms with Crippen LogP contribution in [0.25, 0.3) is 17.0 Å². The molecular weight excluding hydrogens is 234 g/mol. The fraction of sp³-hybridized carbons (Fsp3) is 0.118. The van der Waals surface area contributed by atoms with E-state index in [0.717, 1.165) is 28.6 Å². The average molecular weight is 247 g/mol. The van der Waals surface area contributed by atoms with Gasteiger partial charge < -0.3 is 4.74 Å². The molecule has 0 amide bonds. The lowest BCUT2D eigenvalue weighted by atomic mass is 10.1. The number of pyridine rings is 1. The van der Waals surface area contributed by atoms with Crippen LogP contribution in [-0.4, -0.2) is 11.1 Å². The number of rotatable bonds is 0. The Morgan fingerprint density at radius 1 is 1.11 bits per heavy atom. The standard InChI is InChI=1S/C17H13NO/c1-2-5-13-9-8-12-7-4-10-18-16(12)17(13)19-15-11-14(15)6-3-1/h1-10,15H,11H2/b3-1-,5-2-,14-6-. The molecule has 1 aromatic heterocycles. The number of hydrogen-bond donors (Lipinski definition) is 0. The fourth-order valence-corrected chi connectivity index (χ4v) is 2.38. The van der Waals surface area contributed by atoms with Gasteiger partial charge in [-0.05, 0) is 11.6 Å². The number of aromatic nitrogens is 1. The summed E-state index contributed by atoms with van der Waals surface area (Å²) in [7, 11) is 0. The molecule has 1 aliphatic carbocycles. The predicted molar refractivity (Wildman–Crippen MR) is 77.0 cm³/mol. The van der Waals surface area contributed by atoms with Crippen LogP contribution in [0.5, 0.6) is 5.75 Å². The second-order valence-electron chi connectivity index (χ2n) is 4.86. The topological polar surface area (TPSA) is 22.1 Å². The Bertz CT molecular complexity index is 740. The third-order valence-corrected chi connectivity index (χ3v) is 3.50. The molecule has 1 fully saturated rings. The van der Waals surface area contributed by atoms with Crippen molar-refractivity contribution in [1.82, 2.24) is 4.98 Å². The van der Waals surface area contributed by atoms with Crippen LogP contribution in [0.3, 0.4) is 0 Å². The van der Waals surface area contributed by atoms with E-state index in [4.69, 9.17) is 4.74 Å². The molecule has 1 saturated carbocycles. The summed E-state index contributed by atoms with van der Waals surface area (Å²) in [6.45, 7) is 0. The van der Waals surface area contributed by atoms with E-state index in [0.29, 0.717) is 0 Å². The van der Waals surface area contributed by atoms with Gasteiger partial charge in [-0.25, -0.2) is 0 Å². The number of benzene rings is 1. The Kier molecular flexibility index (Phi) is 2.27. The number of nitrogens with zero attached hydrogens (tertiary/aromatic N) is 1. The normalized spacial score (nSPS) is 26.3. The van der Waals surface area contributed by atoms with Crippen molar-refractivity contribution in [1.29, 1.82) is 0 Å². The van der Waals surface area contributed by atoms with Gasteiger partial charge in [-0.2, -0.15) is 0 Å². The van der Waals surface area contributed by atoms with E-state index < -0.39 is 0 Å². The highest BCUT2D eigenvalue weighted by atomic mass is 16.5. The van der Waals surface area contributed by atoms with Crippen molar-refractivity contribution >= 4 is 17.0 Å². The summed E-state index contributed by atoms with van der Waals surface area (Å²) in [5, 5.41) is 1.12. The van der Waals surface area contributed by atoms with Crippen molar-refractivity contribution in [3.8, 4) is 5.75 Å². The zero-order valence-corrected chi connectivity index (χ0v) is 10.4. The fourth-order valence-electron chi connectivity index (χ4n) is 2.38. The van der Waals surface area contributed by atoms with Crippen LogP contribution < -0.4 is 4.74 Å².